The molecule has 1 aromatic carbocycles. The zero-order chi connectivity index (χ0) is 20.4. The number of ketones is 2. The normalized spacial score (nSPS) is 17.3. The number of hydrogen-bond acceptors (Lipinski definition) is 4. The van der Waals surface area contributed by atoms with Gasteiger partial charge < -0.3 is 10.4 Å². The first kappa shape index (κ1) is 21.1. The number of hydrogen-bond donors (Lipinski definition) is 2. The molecule has 27 heavy (non-hydrogen) atoms. The van der Waals surface area contributed by atoms with E-state index in [1.54, 1.807) is 39.0 Å². The molecule has 0 saturated heterocycles. The zero-order valence-corrected chi connectivity index (χ0v) is 16.7. The topological polar surface area (TPSA) is 83.5 Å². The highest BCUT2D eigenvalue weighted by molar-refractivity contribution is 6.31. The van der Waals surface area contributed by atoms with Crippen molar-refractivity contribution in [1.82, 2.24) is 5.32 Å². The second kappa shape index (κ2) is 8.19. The van der Waals surface area contributed by atoms with E-state index in [1.165, 1.54) is 6.92 Å². The molecule has 0 spiro atoms. The van der Waals surface area contributed by atoms with Crippen molar-refractivity contribution in [2.75, 3.05) is 0 Å². The van der Waals surface area contributed by atoms with E-state index in [4.69, 9.17) is 11.6 Å². The minimum Gasteiger partial charge on any atom is -0.380 e. The lowest BCUT2D eigenvalue weighted by Crippen LogP contribution is -2.44. The molecule has 0 bridgehead atoms. The average molecular weight is 390 g/mol. The number of halogens is 1. The predicted octanol–water partition coefficient (Wildman–Crippen LogP) is 3.29. The van der Waals surface area contributed by atoms with E-state index in [2.05, 4.69) is 5.32 Å². The third kappa shape index (κ3) is 4.54. The Morgan fingerprint density at radius 2 is 1.67 bits per heavy atom. The van der Waals surface area contributed by atoms with Crippen LogP contribution in [0.1, 0.15) is 46.1 Å². The summed E-state index contributed by atoms with van der Waals surface area (Å²) in [6.45, 7) is 6.45. The Morgan fingerprint density at radius 1 is 1.07 bits per heavy atom. The molecular weight excluding hydrogens is 366 g/mol. The molecule has 0 aliphatic heterocycles. The highest BCUT2D eigenvalue weighted by Gasteiger charge is 2.33. The van der Waals surface area contributed by atoms with Crippen LogP contribution in [0.5, 0.6) is 0 Å². The maximum absolute atomic E-state index is 12.5. The van der Waals surface area contributed by atoms with Gasteiger partial charge in [0.15, 0.2) is 11.6 Å². The fraction of sp³-hybridized carbons (Fsp3) is 0.381. The van der Waals surface area contributed by atoms with Crippen molar-refractivity contribution in [2.24, 2.45) is 0 Å². The van der Waals surface area contributed by atoms with Gasteiger partial charge >= 0.3 is 0 Å². The highest BCUT2D eigenvalue weighted by atomic mass is 35.5. The Bertz CT molecular complexity index is 865. The number of aliphatic hydroxyl groups is 1. The number of carbonyl (C=O) groups excluding carboxylic acids is 3. The Labute approximate surface area is 164 Å². The summed E-state index contributed by atoms with van der Waals surface area (Å²) in [7, 11) is 0. The fourth-order valence-corrected chi connectivity index (χ4v) is 3.15. The quantitative estimate of drug-likeness (QED) is 0.731. The summed E-state index contributed by atoms with van der Waals surface area (Å²) in [4.78, 5) is 37.1. The number of allylic oxidation sites excluding steroid dienone is 4. The molecule has 0 saturated carbocycles. The number of amides is 1. The van der Waals surface area contributed by atoms with Gasteiger partial charge in [0.2, 0.25) is 0 Å². The largest absolute Gasteiger partial charge is 0.380 e. The molecule has 2 rings (SSSR count). The molecule has 1 atom stereocenters. The van der Waals surface area contributed by atoms with Gasteiger partial charge in [-0.2, -0.15) is 0 Å². The van der Waals surface area contributed by atoms with Gasteiger partial charge in [0.05, 0.1) is 0 Å². The van der Waals surface area contributed by atoms with Crippen molar-refractivity contribution < 1.29 is 19.5 Å². The third-order valence-corrected chi connectivity index (χ3v) is 5.43. The lowest BCUT2D eigenvalue weighted by Gasteiger charge is -2.25. The van der Waals surface area contributed by atoms with Crippen LogP contribution in [0.25, 0.3) is 0 Å². The molecule has 1 aliphatic carbocycles. The summed E-state index contributed by atoms with van der Waals surface area (Å²) in [6.07, 6.45) is 0.174. The van der Waals surface area contributed by atoms with Gasteiger partial charge in [0.1, 0.15) is 5.60 Å². The molecule has 1 aliphatic rings. The van der Waals surface area contributed by atoms with Crippen molar-refractivity contribution in [3.63, 3.8) is 0 Å². The van der Waals surface area contributed by atoms with E-state index >= 15 is 0 Å². The van der Waals surface area contributed by atoms with Crippen LogP contribution in [-0.2, 0) is 20.9 Å². The molecule has 0 heterocycles. The Hall–Kier alpha value is -2.24. The molecule has 2 N–H and O–H groups in total. The van der Waals surface area contributed by atoms with Crippen LogP contribution in [-0.4, -0.2) is 28.2 Å². The van der Waals surface area contributed by atoms with Gasteiger partial charge in [0.25, 0.3) is 5.91 Å². The summed E-state index contributed by atoms with van der Waals surface area (Å²) < 4.78 is 0. The van der Waals surface area contributed by atoms with Gasteiger partial charge in [-0.1, -0.05) is 29.8 Å². The molecule has 6 heteroatoms. The van der Waals surface area contributed by atoms with E-state index < -0.39 is 11.5 Å². The number of rotatable bonds is 6. The first-order valence-electron chi connectivity index (χ1n) is 8.77. The molecule has 144 valence electrons. The second-order valence-electron chi connectivity index (χ2n) is 7.06. The lowest BCUT2D eigenvalue weighted by atomic mass is 9.82. The molecule has 1 unspecified atom stereocenters. The van der Waals surface area contributed by atoms with Crippen LogP contribution in [0.2, 0.25) is 5.02 Å². The van der Waals surface area contributed by atoms with E-state index in [-0.39, 0.29) is 31.0 Å². The Morgan fingerprint density at radius 3 is 2.30 bits per heavy atom. The van der Waals surface area contributed by atoms with Gasteiger partial charge in [-0.25, -0.2) is 0 Å². The molecule has 0 aromatic heterocycles. The summed E-state index contributed by atoms with van der Waals surface area (Å²) in [5.41, 5.74) is 0.680. The van der Waals surface area contributed by atoms with E-state index in [9.17, 15) is 19.5 Å². The predicted molar refractivity (Wildman–Crippen MR) is 104 cm³/mol. The van der Waals surface area contributed by atoms with Crippen LogP contribution in [0.4, 0.5) is 0 Å². The van der Waals surface area contributed by atoms with Crippen molar-refractivity contribution in [3.05, 3.63) is 57.1 Å². The molecule has 5 nitrogen and oxygen atoms in total. The third-order valence-electron chi connectivity index (χ3n) is 5.06. The standard InChI is InChI=1S/C21H24ClNO4/c1-12-13(2)19(25)16(14(3)18(12)24)9-10-21(4,27)20(26)23-11-15-7-5-6-8-17(15)22/h5-8,27H,9-11H2,1-4H3,(H,23,26). The molecular formula is C21H24ClNO4. The molecule has 1 aromatic rings. The van der Waals surface area contributed by atoms with Gasteiger partial charge in [-0.3, -0.25) is 14.4 Å². The first-order chi connectivity index (χ1) is 12.6. The van der Waals surface area contributed by atoms with Crippen LogP contribution >= 0.6 is 11.6 Å². The lowest BCUT2D eigenvalue weighted by molar-refractivity contribution is -0.139. The minimum absolute atomic E-state index is 0.0272. The van der Waals surface area contributed by atoms with E-state index in [0.29, 0.717) is 27.3 Å². The van der Waals surface area contributed by atoms with Crippen molar-refractivity contribution >= 4 is 29.1 Å². The molecule has 0 fully saturated rings. The maximum atomic E-state index is 12.5. The van der Waals surface area contributed by atoms with Gasteiger partial charge in [0, 0.05) is 33.9 Å². The van der Waals surface area contributed by atoms with Crippen molar-refractivity contribution in [3.8, 4) is 0 Å². The zero-order valence-electron chi connectivity index (χ0n) is 16.0. The van der Waals surface area contributed by atoms with Crippen LogP contribution in [0.15, 0.2) is 46.6 Å². The van der Waals surface area contributed by atoms with Crippen LogP contribution < -0.4 is 5.32 Å². The minimum atomic E-state index is -1.68. The van der Waals surface area contributed by atoms with Crippen molar-refractivity contribution in [1.29, 1.82) is 0 Å². The first-order valence-corrected chi connectivity index (χ1v) is 9.14. The number of carbonyl (C=O) groups is 3. The smallest absolute Gasteiger partial charge is 0.251 e. The highest BCUT2D eigenvalue weighted by Crippen LogP contribution is 2.29. The number of nitrogens with one attached hydrogen (secondary N) is 1. The van der Waals surface area contributed by atoms with E-state index in [1.807, 2.05) is 6.07 Å². The van der Waals surface area contributed by atoms with Gasteiger partial charge in [-0.05, 0) is 52.2 Å². The SMILES string of the molecule is CC1=C(C)C(=O)C(CCC(C)(O)C(=O)NCc2ccccc2Cl)=C(C)C1=O. The number of benzene rings is 1. The summed E-state index contributed by atoms with van der Waals surface area (Å²) in [5.74, 6) is -0.916. The number of Topliss-reactive ketones (excluding diaryl/α,β-unsaturated/α-hetero) is 2. The Balaban J connectivity index is 2.03. The van der Waals surface area contributed by atoms with E-state index in [0.717, 1.165) is 5.56 Å². The summed E-state index contributed by atoms with van der Waals surface area (Å²) in [5, 5.41) is 13.7. The van der Waals surface area contributed by atoms with Gasteiger partial charge in [-0.15, -0.1) is 0 Å². The monoisotopic (exact) mass is 389 g/mol. The summed E-state index contributed by atoms with van der Waals surface area (Å²) >= 11 is 6.06. The Kier molecular flexibility index (Phi) is 6.39. The molecule has 1 amide bonds. The summed E-state index contributed by atoms with van der Waals surface area (Å²) in [6, 6.07) is 7.11. The van der Waals surface area contributed by atoms with Crippen molar-refractivity contribution in [2.45, 2.75) is 52.7 Å². The van der Waals surface area contributed by atoms with Crippen LogP contribution in [0, 0.1) is 0 Å². The molecule has 0 radical (unpaired) electrons. The fourth-order valence-electron chi connectivity index (χ4n) is 2.95. The average Bonchev–Trinajstić information content (AvgIpc) is 2.63. The maximum Gasteiger partial charge on any atom is 0.251 e. The second-order valence-corrected chi connectivity index (χ2v) is 7.47. The van der Waals surface area contributed by atoms with Crippen LogP contribution in [0.3, 0.4) is 0 Å².